The van der Waals surface area contributed by atoms with Crippen molar-refractivity contribution in [3.63, 3.8) is 0 Å². The molecular weight excluding hydrogens is 380 g/mol. The van der Waals surface area contributed by atoms with Gasteiger partial charge in [0, 0.05) is 64.0 Å². The molecule has 7 heteroatoms. The van der Waals surface area contributed by atoms with Gasteiger partial charge in [-0.15, -0.1) is 0 Å². The van der Waals surface area contributed by atoms with Crippen molar-refractivity contribution in [1.82, 2.24) is 14.7 Å². The molecule has 3 fully saturated rings. The summed E-state index contributed by atoms with van der Waals surface area (Å²) in [7, 11) is 1.69. The summed E-state index contributed by atoms with van der Waals surface area (Å²) in [6.07, 6.45) is 4.75. The molecule has 0 aromatic heterocycles. The highest BCUT2D eigenvalue weighted by Gasteiger charge is 2.31. The number of rotatable bonds is 5. The van der Waals surface area contributed by atoms with E-state index >= 15 is 0 Å². The number of piperidine rings is 2. The summed E-state index contributed by atoms with van der Waals surface area (Å²) >= 11 is 0. The van der Waals surface area contributed by atoms with Crippen LogP contribution in [0.15, 0.2) is 24.3 Å². The Morgan fingerprint density at radius 1 is 1.00 bits per heavy atom. The molecule has 0 bridgehead atoms. The number of piperazine rings is 1. The quantitative estimate of drug-likeness (QED) is 0.736. The van der Waals surface area contributed by atoms with Crippen molar-refractivity contribution in [2.75, 3.05) is 64.4 Å². The molecule has 1 aromatic carbocycles. The standard InChI is InChI=1S/C23H34N4O3/c1-30-21-9-7-19(8-10-21)24-13-15-25(16-14-24)20-5-4-12-26(17-20)23(29)18-27-11-3-2-6-22(27)28/h7-10,20H,2-6,11-18H2,1H3/t20-/m0/s1. The number of amides is 2. The lowest BCUT2D eigenvalue weighted by atomic mass is 10.0. The Kier molecular flexibility index (Phi) is 6.77. The van der Waals surface area contributed by atoms with E-state index < -0.39 is 0 Å². The fraction of sp³-hybridized carbons (Fsp3) is 0.652. The summed E-state index contributed by atoms with van der Waals surface area (Å²) < 4.78 is 5.26. The summed E-state index contributed by atoms with van der Waals surface area (Å²) in [6, 6.07) is 8.70. The van der Waals surface area contributed by atoms with Gasteiger partial charge in [-0.25, -0.2) is 0 Å². The van der Waals surface area contributed by atoms with E-state index in [4.69, 9.17) is 4.74 Å². The summed E-state index contributed by atoms with van der Waals surface area (Å²) in [5.41, 5.74) is 1.24. The third-order valence-electron chi connectivity index (χ3n) is 6.76. The fourth-order valence-corrected chi connectivity index (χ4v) is 4.91. The van der Waals surface area contributed by atoms with Gasteiger partial charge in [-0.3, -0.25) is 14.5 Å². The highest BCUT2D eigenvalue weighted by Crippen LogP contribution is 2.23. The van der Waals surface area contributed by atoms with E-state index in [0.29, 0.717) is 12.5 Å². The van der Waals surface area contributed by atoms with Crippen molar-refractivity contribution in [2.45, 2.75) is 38.1 Å². The predicted octanol–water partition coefficient (Wildman–Crippen LogP) is 1.82. The Morgan fingerprint density at radius 3 is 2.47 bits per heavy atom. The Bertz CT molecular complexity index is 730. The first kappa shape index (κ1) is 21.0. The lowest BCUT2D eigenvalue weighted by Crippen LogP contribution is -2.57. The van der Waals surface area contributed by atoms with Gasteiger partial charge in [0.05, 0.1) is 13.7 Å². The Hall–Kier alpha value is -2.28. The minimum absolute atomic E-state index is 0.117. The number of likely N-dealkylation sites (tertiary alicyclic amines) is 2. The van der Waals surface area contributed by atoms with Crippen LogP contribution < -0.4 is 9.64 Å². The van der Waals surface area contributed by atoms with Gasteiger partial charge >= 0.3 is 0 Å². The first-order valence-electron chi connectivity index (χ1n) is 11.3. The number of carbonyl (C=O) groups is 2. The second-order valence-corrected chi connectivity index (χ2v) is 8.63. The molecule has 0 saturated carbocycles. The molecule has 0 unspecified atom stereocenters. The second kappa shape index (κ2) is 9.69. The molecule has 3 aliphatic rings. The van der Waals surface area contributed by atoms with Gasteiger partial charge in [-0.2, -0.15) is 0 Å². The summed E-state index contributed by atoms with van der Waals surface area (Å²) in [4.78, 5) is 33.6. The number of anilines is 1. The van der Waals surface area contributed by atoms with E-state index in [1.165, 1.54) is 5.69 Å². The van der Waals surface area contributed by atoms with Crippen molar-refractivity contribution in [1.29, 1.82) is 0 Å². The van der Waals surface area contributed by atoms with E-state index in [-0.39, 0.29) is 18.4 Å². The molecule has 1 atom stereocenters. The monoisotopic (exact) mass is 414 g/mol. The molecule has 30 heavy (non-hydrogen) atoms. The van der Waals surface area contributed by atoms with Crippen molar-refractivity contribution in [3.05, 3.63) is 24.3 Å². The zero-order valence-corrected chi connectivity index (χ0v) is 18.1. The number of carbonyl (C=O) groups excluding carboxylic acids is 2. The highest BCUT2D eigenvalue weighted by atomic mass is 16.5. The molecular formula is C23H34N4O3. The maximum atomic E-state index is 12.8. The minimum atomic E-state index is 0.117. The third kappa shape index (κ3) is 4.89. The molecule has 3 heterocycles. The summed E-state index contributed by atoms with van der Waals surface area (Å²) in [6.45, 7) is 6.64. The van der Waals surface area contributed by atoms with Crippen LogP contribution in [0.5, 0.6) is 5.75 Å². The average molecular weight is 415 g/mol. The van der Waals surface area contributed by atoms with Gasteiger partial charge < -0.3 is 19.4 Å². The molecule has 7 nitrogen and oxygen atoms in total. The van der Waals surface area contributed by atoms with Crippen LogP contribution in [-0.2, 0) is 9.59 Å². The third-order valence-corrected chi connectivity index (χ3v) is 6.76. The molecule has 0 radical (unpaired) electrons. The van der Waals surface area contributed by atoms with Crippen LogP contribution in [0.3, 0.4) is 0 Å². The molecule has 0 aliphatic carbocycles. The summed E-state index contributed by atoms with van der Waals surface area (Å²) in [5, 5.41) is 0. The number of hydrogen-bond donors (Lipinski definition) is 0. The molecule has 1 aromatic rings. The van der Waals surface area contributed by atoms with E-state index in [1.54, 1.807) is 12.0 Å². The van der Waals surface area contributed by atoms with E-state index in [2.05, 4.69) is 21.9 Å². The van der Waals surface area contributed by atoms with Gasteiger partial charge in [-0.1, -0.05) is 0 Å². The smallest absolute Gasteiger partial charge is 0.242 e. The van der Waals surface area contributed by atoms with Crippen LogP contribution in [0.2, 0.25) is 0 Å². The van der Waals surface area contributed by atoms with Crippen molar-refractivity contribution < 1.29 is 14.3 Å². The Labute approximate surface area is 179 Å². The summed E-state index contributed by atoms with van der Waals surface area (Å²) in [5.74, 6) is 1.14. The normalized spacial score (nSPS) is 23.6. The van der Waals surface area contributed by atoms with Crippen molar-refractivity contribution in [3.8, 4) is 5.75 Å². The fourth-order valence-electron chi connectivity index (χ4n) is 4.91. The maximum absolute atomic E-state index is 12.8. The lowest BCUT2D eigenvalue weighted by molar-refractivity contribution is -0.143. The van der Waals surface area contributed by atoms with E-state index in [1.807, 2.05) is 17.0 Å². The zero-order chi connectivity index (χ0) is 20.9. The van der Waals surface area contributed by atoms with Gasteiger partial charge in [0.2, 0.25) is 11.8 Å². The molecule has 0 spiro atoms. The highest BCUT2D eigenvalue weighted by molar-refractivity contribution is 5.85. The minimum Gasteiger partial charge on any atom is -0.497 e. The SMILES string of the molecule is COc1ccc(N2CCN([C@H]3CCCN(C(=O)CN4CCCCC4=O)C3)CC2)cc1. The second-order valence-electron chi connectivity index (χ2n) is 8.63. The first-order valence-corrected chi connectivity index (χ1v) is 11.3. The number of ether oxygens (including phenoxy) is 1. The first-order chi connectivity index (χ1) is 14.6. The van der Waals surface area contributed by atoms with Crippen LogP contribution in [-0.4, -0.2) is 92.0 Å². The van der Waals surface area contributed by atoms with Gasteiger partial charge in [-0.05, 0) is 49.9 Å². The van der Waals surface area contributed by atoms with Gasteiger partial charge in [0.25, 0.3) is 0 Å². The van der Waals surface area contributed by atoms with Crippen LogP contribution in [0, 0.1) is 0 Å². The van der Waals surface area contributed by atoms with E-state index in [9.17, 15) is 9.59 Å². The lowest BCUT2D eigenvalue weighted by Gasteiger charge is -2.44. The van der Waals surface area contributed by atoms with Gasteiger partial charge in [0.15, 0.2) is 0 Å². The number of methoxy groups -OCH3 is 1. The molecule has 4 rings (SSSR count). The predicted molar refractivity (Wildman–Crippen MR) is 117 cm³/mol. The van der Waals surface area contributed by atoms with Crippen LogP contribution in [0.4, 0.5) is 5.69 Å². The van der Waals surface area contributed by atoms with Crippen LogP contribution in [0.25, 0.3) is 0 Å². The zero-order valence-electron chi connectivity index (χ0n) is 18.1. The molecule has 3 aliphatic heterocycles. The number of nitrogens with zero attached hydrogens (tertiary/aromatic N) is 4. The van der Waals surface area contributed by atoms with E-state index in [0.717, 1.165) is 77.2 Å². The number of hydrogen-bond acceptors (Lipinski definition) is 5. The molecule has 3 saturated heterocycles. The topological polar surface area (TPSA) is 56.3 Å². The van der Waals surface area contributed by atoms with Gasteiger partial charge in [0.1, 0.15) is 5.75 Å². The number of benzene rings is 1. The van der Waals surface area contributed by atoms with Crippen LogP contribution in [0.1, 0.15) is 32.1 Å². The Morgan fingerprint density at radius 2 is 1.77 bits per heavy atom. The van der Waals surface area contributed by atoms with Crippen LogP contribution >= 0.6 is 0 Å². The Balaban J connectivity index is 1.27. The maximum Gasteiger partial charge on any atom is 0.242 e. The average Bonchev–Trinajstić information content (AvgIpc) is 2.81. The molecule has 2 amide bonds. The largest absolute Gasteiger partial charge is 0.497 e. The van der Waals surface area contributed by atoms with Crippen molar-refractivity contribution >= 4 is 17.5 Å². The van der Waals surface area contributed by atoms with Crippen molar-refractivity contribution in [2.24, 2.45) is 0 Å². The molecule has 164 valence electrons. The molecule has 0 N–H and O–H groups in total.